The summed E-state index contributed by atoms with van der Waals surface area (Å²) in [4.78, 5) is 0. The molecule has 1 unspecified atom stereocenters. The van der Waals surface area contributed by atoms with E-state index in [9.17, 15) is 4.39 Å². The third-order valence-electron chi connectivity index (χ3n) is 2.99. The van der Waals surface area contributed by atoms with Crippen LogP contribution in [0.5, 0.6) is 5.75 Å². The summed E-state index contributed by atoms with van der Waals surface area (Å²) in [6.07, 6.45) is 1.48. The summed E-state index contributed by atoms with van der Waals surface area (Å²) in [5, 5.41) is 3.11. The lowest BCUT2D eigenvalue weighted by atomic mass is 9.88. The van der Waals surface area contributed by atoms with Gasteiger partial charge < -0.3 is 10.1 Å². The van der Waals surface area contributed by atoms with Crippen LogP contribution in [0.4, 0.5) is 4.39 Å². The molecule has 1 aliphatic rings. The highest BCUT2D eigenvalue weighted by molar-refractivity contribution is 5.33. The van der Waals surface area contributed by atoms with E-state index in [-0.39, 0.29) is 0 Å². The van der Waals surface area contributed by atoms with Gasteiger partial charge in [0.1, 0.15) is 11.4 Å². The van der Waals surface area contributed by atoms with Gasteiger partial charge in [0.2, 0.25) is 0 Å². The van der Waals surface area contributed by atoms with Crippen LogP contribution in [0.1, 0.15) is 25.3 Å². The molecule has 2 rings (SSSR count). The minimum absolute atomic E-state index is 0.405. The average molecular weight is 223 g/mol. The molecule has 1 saturated heterocycles. The first kappa shape index (κ1) is 11.4. The van der Waals surface area contributed by atoms with Gasteiger partial charge in [0, 0.05) is 6.54 Å². The number of rotatable bonds is 3. The molecule has 0 aromatic heterocycles. The van der Waals surface area contributed by atoms with Crippen molar-refractivity contribution < 1.29 is 9.13 Å². The first-order chi connectivity index (χ1) is 7.74. The van der Waals surface area contributed by atoms with Crippen molar-refractivity contribution >= 4 is 0 Å². The standard InChI is InChI=1S/C13H18FNO/c1-2-16-12-6-3-5-11(9-12)13(14)7-4-8-15-10-13/h3,5-6,9,15H,2,4,7-8,10H2,1H3. The van der Waals surface area contributed by atoms with Gasteiger partial charge in [-0.3, -0.25) is 0 Å². The Labute approximate surface area is 95.8 Å². The van der Waals surface area contributed by atoms with Crippen LogP contribution in [-0.4, -0.2) is 19.7 Å². The fraction of sp³-hybridized carbons (Fsp3) is 0.538. The molecule has 0 amide bonds. The van der Waals surface area contributed by atoms with Gasteiger partial charge in [-0.1, -0.05) is 12.1 Å². The van der Waals surface area contributed by atoms with Gasteiger partial charge in [-0.2, -0.15) is 0 Å². The van der Waals surface area contributed by atoms with Crippen LogP contribution in [0.15, 0.2) is 24.3 Å². The number of piperidine rings is 1. The maximum Gasteiger partial charge on any atom is 0.148 e. The van der Waals surface area contributed by atoms with Gasteiger partial charge in [-0.05, 0) is 44.0 Å². The zero-order valence-electron chi connectivity index (χ0n) is 9.63. The molecule has 2 nitrogen and oxygen atoms in total. The summed E-state index contributed by atoms with van der Waals surface area (Å²) in [6, 6.07) is 7.38. The van der Waals surface area contributed by atoms with Crippen LogP contribution in [0, 0.1) is 0 Å². The van der Waals surface area contributed by atoms with Gasteiger partial charge in [-0.15, -0.1) is 0 Å². The Balaban J connectivity index is 2.21. The maximum atomic E-state index is 14.6. The number of alkyl halides is 1. The Morgan fingerprint density at radius 2 is 2.38 bits per heavy atom. The Kier molecular flexibility index (Phi) is 3.44. The van der Waals surface area contributed by atoms with Gasteiger partial charge in [0.15, 0.2) is 0 Å². The largest absolute Gasteiger partial charge is 0.494 e. The number of hydrogen-bond acceptors (Lipinski definition) is 2. The molecule has 1 N–H and O–H groups in total. The van der Waals surface area contributed by atoms with Crippen LogP contribution in [0.3, 0.4) is 0 Å². The Morgan fingerprint density at radius 1 is 1.50 bits per heavy atom. The molecule has 1 aliphatic heterocycles. The summed E-state index contributed by atoms with van der Waals surface area (Å²) in [5.41, 5.74) is -0.503. The number of nitrogens with one attached hydrogen (secondary N) is 1. The smallest absolute Gasteiger partial charge is 0.148 e. The van der Waals surface area contributed by atoms with Crippen molar-refractivity contribution in [3.63, 3.8) is 0 Å². The molecule has 1 aromatic carbocycles. The highest BCUT2D eigenvalue weighted by Crippen LogP contribution is 2.34. The second-order valence-corrected chi connectivity index (χ2v) is 4.21. The van der Waals surface area contributed by atoms with Crippen LogP contribution >= 0.6 is 0 Å². The SMILES string of the molecule is CCOc1cccc(C2(F)CCCNC2)c1. The van der Waals surface area contributed by atoms with Gasteiger partial charge in [-0.25, -0.2) is 4.39 Å². The summed E-state index contributed by atoms with van der Waals surface area (Å²) in [5.74, 6) is 0.752. The molecule has 1 heterocycles. The molecule has 1 fully saturated rings. The summed E-state index contributed by atoms with van der Waals surface area (Å²) in [6.45, 7) is 3.86. The fourth-order valence-electron chi connectivity index (χ4n) is 2.15. The Morgan fingerprint density at radius 3 is 3.06 bits per heavy atom. The Hall–Kier alpha value is -1.09. The van der Waals surface area contributed by atoms with Crippen molar-refractivity contribution in [1.29, 1.82) is 0 Å². The van der Waals surface area contributed by atoms with E-state index >= 15 is 0 Å². The first-order valence-electron chi connectivity index (χ1n) is 5.87. The van der Waals surface area contributed by atoms with Crippen LogP contribution < -0.4 is 10.1 Å². The van der Waals surface area contributed by atoms with E-state index in [2.05, 4.69) is 5.32 Å². The normalized spacial score (nSPS) is 25.4. The molecule has 0 radical (unpaired) electrons. The molecule has 0 aliphatic carbocycles. The molecule has 1 aromatic rings. The molecule has 1 atom stereocenters. The maximum absolute atomic E-state index is 14.6. The summed E-state index contributed by atoms with van der Waals surface area (Å²) in [7, 11) is 0. The lowest BCUT2D eigenvalue weighted by Gasteiger charge is -2.30. The van der Waals surface area contributed by atoms with E-state index < -0.39 is 5.67 Å². The van der Waals surface area contributed by atoms with Crippen LogP contribution in [0.25, 0.3) is 0 Å². The van der Waals surface area contributed by atoms with Crippen molar-refractivity contribution in [2.75, 3.05) is 19.7 Å². The van der Waals surface area contributed by atoms with Gasteiger partial charge >= 0.3 is 0 Å². The van der Waals surface area contributed by atoms with Gasteiger partial charge in [0.25, 0.3) is 0 Å². The number of benzene rings is 1. The highest BCUT2D eigenvalue weighted by Gasteiger charge is 2.33. The molecule has 16 heavy (non-hydrogen) atoms. The van der Waals surface area contributed by atoms with Crippen molar-refractivity contribution in [3.05, 3.63) is 29.8 Å². The molecular formula is C13H18FNO. The third kappa shape index (κ3) is 2.35. The zero-order chi connectivity index (χ0) is 11.4. The molecule has 88 valence electrons. The highest BCUT2D eigenvalue weighted by atomic mass is 19.1. The topological polar surface area (TPSA) is 21.3 Å². The molecule has 0 spiro atoms. The number of hydrogen-bond donors (Lipinski definition) is 1. The van der Waals surface area contributed by atoms with Crippen LogP contribution in [0.2, 0.25) is 0 Å². The first-order valence-corrected chi connectivity index (χ1v) is 5.87. The van der Waals surface area contributed by atoms with Crippen molar-refractivity contribution in [3.8, 4) is 5.75 Å². The van der Waals surface area contributed by atoms with E-state index in [0.29, 0.717) is 19.6 Å². The van der Waals surface area contributed by atoms with Crippen molar-refractivity contribution in [1.82, 2.24) is 5.32 Å². The summed E-state index contributed by atoms with van der Waals surface area (Å²) < 4.78 is 20.0. The lowest BCUT2D eigenvalue weighted by Crippen LogP contribution is -2.40. The minimum Gasteiger partial charge on any atom is -0.494 e. The number of halogens is 1. The zero-order valence-corrected chi connectivity index (χ0v) is 9.63. The van der Waals surface area contributed by atoms with E-state index in [1.165, 1.54) is 0 Å². The predicted octanol–water partition coefficient (Wildman–Crippen LogP) is 2.63. The van der Waals surface area contributed by atoms with E-state index in [4.69, 9.17) is 4.74 Å². The van der Waals surface area contributed by atoms with E-state index in [0.717, 1.165) is 24.3 Å². The Bertz CT molecular complexity index is 348. The molecule has 3 heteroatoms. The van der Waals surface area contributed by atoms with E-state index in [1.807, 2.05) is 31.2 Å². The fourth-order valence-corrected chi connectivity index (χ4v) is 2.15. The monoisotopic (exact) mass is 223 g/mol. The number of ether oxygens (including phenoxy) is 1. The van der Waals surface area contributed by atoms with Gasteiger partial charge in [0.05, 0.1) is 6.61 Å². The average Bonchev–Trinajstić information content (AvgIpc) is 2.31. The second-order valence-electron chi connectivity index (χ2n) is 4.21. The second kappa shape index (κ2) is 4.83. The molecular weight excluding hydrogens is 205 g/mol. The van der Waals surface area contributed by atoms with Crippen molar-refractivity contribution in [2.45, 2.75) is 25.4 Å². The van der Waals surface area contributed by atoms with Crippen LogP contribution in [-0.2, 0) is 5.67 Å². The third-order valence-corrected chi connectivity index (χ3v) is 2.99. The predicted molar refractivity (Wildman–Crippen MR) is 62.5 cm³/mol. The van der Waals surface area contributed by atoms with Crippen molar-refractivity contribution in [2.24, 2.45) is 0 Å². The summed E-state index contributed by atoms with van der Waals surface area (Å²) >= 11 is 0. The molecule has 0 bridgehead atoms. The quantitative estimate of drug-likeness (QED) is 0.850. The lowest BCUT2D eigenvalue weighted by molar-refractivity contribution is 0.121. The minimum atomic E-state index is -1.23. The van der Waals surface area contributed by atoms with E-state index in [1.54, 1.807) is 0 Å². The molecule has 0 saturated carbocycles.